The summed E-state index contributed by atoms with van der Waals surface area (Å²) in [6, 6.07) is 19.7. The van der Waals surface area contributed by atoms with Crippen LogP contribution in [0.4, 0.5) is 5.69 Å². The first-order chi connectivity index (χ1) is 20.1. The number of anilines is 1. The number of carbonyl (C=O) groups excluding carboxylic acids is 2. The molecule has 42 heavy (non-hydrogen) atoms. The topological polar surface area (TPSA) is 96.0 Å². The number of rotatable bonds is 15. The van der Waals surface area contributed by atoms with Gasteiger partial charge >= 0.3 is 0 Å². The highest BCUT2D eigenvalue weighted by atomic mass is 79.9. The molecule has 0 fully saturated rings. The van der Waals surface area contributed by atoms with Crippen molar-refractivity contribution in [2.45, 2.75) is 56.0 Å². The van der Waals surface area contributed by atoms with E-state index in [1.807, 2.05) is 44.4 Å². The number of sulfonamides is 1. The number of ether oxygens (including phenoxy) is 1. The van der Waals surface area contributed by atoms with Crippen molar-refractivity contribution in [3.63, 3.8) is 0 Å². The van der Waals surface area contributed by atoms with Crippen molar-refractivity contribution in [3.05, 3.63) is 82.8 Å². The fraction of sp³-hybridized carbons (Fsp3) is 0.355. The van der Waals surface area contributed by atoms with Crippen LogP contribution in [0.2, 0.25) is 0 Å². The molecule has 3 rings (SSSR count). The van der Waals surface area contributed by atoms with Gasteiger partial charge in [0.25, 0.3) is 10.0 Å². The van der Waals surface area contributed by atoms with E-state index in [0.717, 1.165) is 32.1 Å². The summed E-state index contributed by atoms with van der Waals surface area (Å²) in [7, 11) is -4.15. The summed E-state index contributed by atoms with van der Waals surface area (Å²) >= 11 is 4.97. The van der Waals surface area contributed by atoms with E-state index < -0.39 is 28.5 Å². The minimum atomic E-state index is -4.15. The fourth-order valence-corrected chi connectivity index (χ4v) is 6.50. The van der Waals surface area contributed by atoms with Gasteiger partial charge < -0.3 is 15.0 Å². The molecule has 0 aliphatic heterocycles. The van der Waals surface area contributed by atoms with Crippen LogP contribution in [0, 0.1) is 0 Å². The molecule has 1 N–H and O–H groups in total. The van der Waals surface area contributed by atoms with Gasteiger partial charge in [-0.3, -0.25) is 13.9 Å². The van der Waals surface area contributed by atoms with Crippen molar-refractivity contribution in [1.29, 1.82) is 0 Å². The van der Waals surface area contributed by atoms with Crippen LogP contribution in [0.25, 0.3) is 0 Å². The zero-order valence-corrected chi connectivity index (χ0v) is 27.6. The third-order valence-corrected chi connectivity index (χ3v) is 9.63. The van der Waals surface area contributed by atoms with Gasteiger partial charge in [-0.05, 0) is 92.8 Å². The summed E-state index contributed by atoms with van der Waals surface area (Å²) in [6.07, 6.45) is 3.65. The largest absolute Gasteiger partial charge is 0.494 e. The summed E-state index contributed by atoms with van der Waals surface area (Å²) in [6.45, 7) is 6.14. The number of nitrogens with zero attached hydrogens (tertiary/aromatic N) is 2. The van der Waals surface area contributed by atoms with Crippen LogP contribution in [0.1, 0.15) is 39.2 Å². The molecule has 0 aromatic heterocycles. The Kier molecular flexibility index (Phi) is 12.8. The molecule has 8 nitrogen and oxygen atoms in total. The van der Waals surface area contributed by atoms with Crippen molar-refractivity contribution in [2.75, 3.05) is 30.3 Å². The molecule has 0 bridgehead atoms. The van der Waals surface area contributed by atoms with Gasteiger partial charge in [0.1, 0.15) is 18.3 Å². The molecule has 0 heterocycles. The average molecular weight is 677 g/mol. The lowest BCUT2D eigenvalue weighted by Gasteiger charge is -2.32. The number of thioether (sulfide) groups is 1. The number of unbranched alkanes of at least 4 members (excludes halogenated alkanes) is 1. The predicted octanol–water partition coefficient (Wildman–Crippen LogP) is 6.10. The molecule has 0 radical (unpaired) electrons. The van der Waals surface area contributed by atoms with E-state index in [0.29, 0.717) is 24.6 Å². The van der Waals surface area contributed by atoms with Gasteiger partial charge in [0.05, 0.1) is 17.2 Å². The summed E-state index contributed by atoms with van der Waals surface area (Å²) < 4.78 is 35.5. The van der Waals surface area contributed by atoms with Crippen LogP contribution >= 0.6 is 27.7 Å². The van der Waals surface area contributed by atoms with Crippen molar-refractivity contribution < 1.29 is 22.7 Å². The van der Waals surface area contributed by atoms with Crippen LogP contribution in [0.5, 0.6) is 5.75 Å². The predicted molar refractivity (Wildman–Crippen MR) is 172 cm³/mol. The van der Waals surface area contributed by atoms with E-state index in [1.165, 1.54) is 28.8 Å². The van der Waals surface area contributed by atoms with Gasteiger partial charge in [0, 0.05) is 22.5 Å². The van der Waals surface area contributed by atoms with Crippen LogP contribution in [0.15, 0.2) is 87.1 Å². The second-order valence-electron chi connectivity index (χ2n) is 9.59. The first kappa shape index (κ1) is 33.5. The number of benzene rings is 3. The maximum absolute atomic E-state index is 14.0. The highest BCUT2D eigenvalue weighted by Crippen LogP contribution is 2.28. The molecule has 0 spiro atoms. The van der Waals surface area contributed by atoms with Crippen molar-refractivity contribution >= 4 is 55.2 Å². The van der Waals surface area contributed by atoms with E-state index in [9.17, 15) is 18.0 Å². The van der Waals surface area contributed by atoms with Gasteiger partial charge in [-0.25, -0.2) is 8.42 Å². The molecule has 0 aliphatic carbocycles. The van der Waals surface area contributed by atoms with E-state index in [4.69, 9.17) is 4.74 Å². The Morgan fingerprint density at radius 3 is 2.31 bits per heavy atom. The third-order valence-electron chi connectivity index (χ3n) is 6.60. The molecule has 226 valence electrons. The molecular weight excluding hydrogens is 638 g/mol. The molecule has 0 saturated carbocycles. The molecule has 3 aromatic rings. The van der Waals surface area contributed by atoms with Crippen LogP contribution in [-0.2, 0) is 26.2 Å². The maximum atomic E-state index is 14.0. The van der Waals surface area contributed by atoms with Crippen LogP contribution in [-0.4, -0.2) is 57.1 Å². The summed E-state index contributed by atoms with van der Waals surface area (Å²) in [5.74, 6) is -0.218. The highest BCUT2D eigenvalue weighted by Gasteiger charge is 2.32. The Bertz CT molecular complexity index is 1430. The molecule has 0 unspecified atom stereocenters. The summed E-state index contributed by atoms with van der Waals surface area (Å²) in [4.78, 5) is 29.5. The van der Waals surface area contributed by atoms with Gasteiger partial charge in [-0.1, -0.05) is 41.4 Å². The van der Waals surface area contributed by atoms with Crippen LogP contribution < -0.4 is 14.4 Å². The normalized spacial score (nSPS) is 11.9. The van der Waals surface area contributed by atoms with Gasteiger partial charge in [0.15, 0.2) is 0 Å². The molecule has 3 aromatic carbocycles. The lowest BCUT2D eigenvalue weighted by molar-refractivity contribution is -0.139. The zero-order valence-electron chi connectivity index (χ0n) is 24.4. The maximum Gasteiger partial charge on any atom is 0.264 e. The Morgan fingerprint density at radius 1 is 1.02 bits per heavy atom. The Morgan fingerprint density at radius 2 is 1.71 bits per heavy atom. The lowest BCUT2D eigenvalue weighted by Crippen LogP contribution is -2.51. The smallest absolute Gasteiger partial charge is 0.264 e. The number of carbonyl (C=O) groups is 2. The lowest BCUT2D eigenvalue weighted by atomic mass is 10.1. The number of nitrogens with one attached hydrogen (secondary N) is 1. The standard InChI is InChI=1S/C31H38BrN3O5S2/c1-5-7-19-33-31(37)23(3)34(21-24-9-8-10-25(32)20-24)30(36)22-35(26-11-13-27(14-12-26)40-6-2)42(38,39)29-17-15-28(41-4)16-18-29/h8-18,20,23H,5-7,19,21-22H2,1-4H3,(H,33,37)/t23-/m0/s1. The molecule has 11 heteroatoms. The van der Waals surface area contributed by atoms with E-state index in [-0.39, 0.29) is 17.3 Å². The first-order valence-corrected chi connectivity index (χ1v) is 17.3. The minimum Gasteiger partial charge on any atom is -0.494 e. The molecule has 0 aliphatic rings. The van der Waals surface area contributed by atoms with Crippen LogP contribution in [0.3, 0.4) is 0 Å². The molecule has 1 atom stereocenters. The van der Waals surface area contributed by atoms with Gasteiger partial charge in [0.2, 0.25) is 11.8 Å². The Balaban J connectivity index is 2.01. The summed E-state index contributed by atoms with van der Waals surface area (Å²) in [5.41, 5.74) is 1.11. The molecule has 2 amide bonds. The van der Waals surface area contributed by atoms with E-state index in [2.05, 4.69) is 21.2 Å². The number of hydrogen-bond acceptors (Lipinski definition) is 6. The van der Waals surface area contributed by atoms with Gasteiger partial charge in [-0.2, -0.15) is 0 Å². The number of halogens is 1. The van der Waals surface area contributed by atoms with E-state index >= 15 is 0 Å². The second-order valence-corrected chi connectivity index (χ2v) is 13.2. The molecular formula is C31H38BrN3O5S2. The quantitative estimate of drug-likeness (QED) is 0.155. The number of hydrogen-bond donors (Lipinski definition) is 1. The van der Waals surface area contributed by atoms with Gasteiger partial charge in [-0.15, -0.1) is 11.8 Å². The highest BCUT2D eigenvalue weighted by molar-refractivity contribution is 9.10. The average Bonchev–Trinajstić information content (AvgIpc) is 2.99. The summed E-state index contributed by atoms with van der Waals surface area (Å²) in [5, 5.41) is 2.90. The molecule has 0 saturated heterocycles. The fourth-order valence-electron chi connectivity index (χ4n) is 4.23. The number of amides is 2. The second kappa shape index (κ2) is 16.0. The SMILES string of the molecule is CCCCNC(=O)[C@H](C)N(Cc1cccc(Br)c1)C(=O)CN(c1ccc(OCC)cc1)S(=O)(=O)c1ccc(SC)cc1. The van der Waals surface area contributed by atoms with Crippen molar-refractivity contribution in [3.8, 4) is 5.75 Å². The Hall–Kier alpha value is -3.02. The third kappa shape index (κ3) is 8.99. The Labute approximate surface area is 262 Å². The zero-order chi connectivity index (χ0) is 30.7. The first-order valence-electron chi connectivity index (χ1n) is 13.8. The monoisotopic (exact) mass is 675 g/mol. The minimum absolute atomic E-state index is 0.0610. The van der Waals surface area contributed by atoms with E-state index in [1.54, 1.807) is 43.3 Å². The van der Waals surface area contributed by atoms with Crippen molar-refractivity contribution in [2.24, 2.45) is 0 Å². The van der Waals surface area contributed by atoms with Crippen molar-refractivity contribution in [1.82, 2.24) is 10.2 Å².